The van der Waals surface area contributed by atoms with Crippen LogP contribution in [0.1, 0.15) is 35.7 Å². The van der Waals surface area contributed by atoms with Gasteiger partial charge >= 0.3 is 5.97 Å². The molecule has 1 aromatic carbocycles. The maximum absolute atomic E-state index is 11.1. The summed E-state index contributed by atoms with van der Waals surface area (Å²) in [5, 5.41) is 12.4. The number of rotatable bonds is 4. The van der Waals surface area contributed by atoms with Gasteiger partial charge < -0.3 is 15.2 Å². The van der Waals surface area contributed by atoms with Crippen molar-refractivity contribution in [3.8, 4) is 0 Å². The molecule has 0 aromatic heterocycles. The zero-order valence-electron chi connectivity index (χ0n) is 10.8. The van der Waals surface area contributed by atoms with Gasteiger partial charge in [-0.15, -0.1) is 0 Å². The van der Waals surface area contributed by atoms with E-state index in [1.54, 1.807) is 6.07 Å². The van der Waals surface area contributed by atoms with E-state index in [9.17, 15) is 4.79 Å². The van der Waals surface area contributed by atoms with Gasteiger partial charge in [-0.25, -0.2) is 4.79 Å². The van der Waals surface area contributed by atoms with Crippen molar-refractivity contribution >= 4 is 11.7 Å². The van der Waals surface area contributed by atoms with Crippen molar-refractivity contribution in [1.29, 1.82) is 0 Å². The Bertz CT molecular complexity index is 450. The molecule has 4 nitrogen and oxygen atoms in total. The molecule has 1 fully saturated rings. The number of carbonyl (C=O) groups is 1. The summed E-state index contributed by atoms with van der Waals surface area (Å²) in [6, 6.07) is 5.31. The first-order valence-electron chi connectivity index (χ1n) is 6.22. The first-order valence-corrected chi connectivity index (χ1v) is 6.22. The fourth-order valence-corrected chi connectivity index (χ4v) is 2.25. The predicted molar refractivity (Wildman–Crippen MR) is 70.2 cm³/mol. The van der Waals surface area contributed by atoms with Gasteiger partial charge in [-0.05, 0) is 44.4 Å². The number of carboxylic acid groups (broad SMARTS) is 1. The molecule has 98 valence electrons. The number of anilines is 1. The highest BCUT2D eigenvalue weighted by molar-refractivity contribution is 5.94. The molecule has 4 heteroatoms. The summed E-state index contributed by atoms with van der Waals surface area (Å²) in [5.74, 6) is -0.907. The fourth-order valence-electron chi connectivity index (χ4n) is 2.25. The molecule has 2 rings (SSSR count). The molecular weight excluding hydrogens is 230 g/mol. The predicted octanol–water partition coefficient (Wildman–Crippen LogP) is 2.67. The van der Waals surface area contributed by atoms with Crippen LogP contribution in [0.15, 0.2) is 18.2 Å². The number of ether oxygens (including phenoxy) is 1. The molecule has 0 bridgehead atoms. The van der Waals surface area contributed by atoms with Crippen LogP contribution in [0.2, 0.25) is 0 Å². The standard InChI is InChI=1S/C14H19NO3/c1-10-4-5-11(13(16)17)12(8-10)15-9-14(2)6-3-7-18-14/h4-5,8,15H,3,6-7,9H2,1-2H3,(H,16,17). The Balaban J connectivity index is 2.12. The Morgan fingerprint density at radius 2 is 2.33 bits per heavy atom. The topological polar surface area (TPSA) is 58.6 Å². The molecule has 1 saturated heterocycles. The highest BCUT2D eigenvalue weighted by Crippen LogP contribution is 2.26. The SMILES string of the molecule is Cc1ccc(C(=O)O)c(NCC2(C)CCCO2)c1. The highest BCUT2D eigenvalue weighted by Gasteiger charge is 2.29. The third kappa shape index (κ3) is 2.82. The number of hydrogen-bond acceptors (Lipinski definition) is 3. The molecule has 0 aliphatic carbocycles. The van der Waals surface area contributed by atoms with Gasteiger partial charge in [-0.2, -0.15) is 0 Å². The number of hydrogen-bond donors (Lipinski definition) is 2. The van der Waals surface area contributed by atoms with E-state index in [4.69, 9.17) is 9.84 Å². The number of benzene rings is 1. The molecule has 0 amide bonds. The molecule has 1 aromatic rings. The Morgan fingerprint density at radius 3 is 2.94 bits per heavy atom. The van der Waals surface area contributed by atoms with Gasteiger partial charge in [0.15, 0.2) is 0 Å². The zero-order valence-corrected chi connectivity index (χ0v) is 10.8. The van der Waals surface area contributed by atoms with Crippen molar-refractivity contribution in [3.05, 3.63) is 29.3 Å². The van der Waals surface area contributed by atoms with E-state index in [1.807, 2.05) is 19.1 Å². The second kappa shape index (κ2) is 4.98. The van der Waals surface area contributed by atoms with E-state index in [0.29, 0.717) is 17.8 Å². The summed E-state index contributed by atoms with van der Waals surface area (Å²) >= 11 is 0. The van der Waals surface area contributed by atoms with Crippen LogP contribution in [-0.4, -0.2) is 29.8 Å². The van der Waals surface area contributed by atoms with E-state index < -0.39 is 5.97 Å². The minimum Gasteiger partial charge on any atom is -0.478 e. The highest BCUT2D eigenvalue weighted by atomic mass is 16.5. The molecule has 2 N–H and O–H groups in total. The van der Waals surface area contributed by atoms with Gasteiger partial charge in [-0.1, -0.05) is 6.07 Å². The van der Waals surface area contributed by atoms with Gasteiger partial charge in [0.2, 0.25) is 0 Å². The average molecular weight is 249 g/mol. The largest absolute Gasteiger partial charge is 0.478 e. The van der Waals surface area contributed by atoms with Crippen LogP contribution < -0.4 is 5.32 Å². The van der Waals surface area contributed by atoms with Gasteiger partial charge in [0.25, 0.3) is 0 Å². The maximum atomic E-state index is 11.1. The van der Waals surface area contributed by atoms with Gasteiger partial charge in [-0.3, -0.25) is 0 Å². The molecule has 0 saturated carbocycles. The molecule has 1 atom stereocenters. The molecular formula is C14H19NO3. The van der Waals surface area contributed by atoms with Crippen molar-refractivity contribution in [2.75, 3.05) is 18.5 Å². The normalized spacial score (nSPS) is 23.0. The number of carboxylic acids is 1. The van der Waals surface area contributed by atoms with E-state index in [2.05, 4.69) is 12.2 Å². The third-order valence-electron chi connectivity index (χ3n) is 3.36. The third-order valence-corrected chi connectivity index (χ3v) is 3.36. The van der Waals surface area contributed by atoms with E-state index in [0.717, 1.165) is 25.0 Å². The van der Waals surface area contributed by atoms with Gasteiger partial charge in [0, 0.05) is 18.8 Å². The van der Waals surface area contributed by atoms with Crippen molar-refractivity contribution < 1.29 is 14.6 Å². The molecule has 1 aliphatic heterocycles. The maximum Gasteiger partial charge on any atom is 0.337 e. The second-order valence-corrected chi connectivity index (χ2v) is 5.11. The van der Waals surface area contributed by atoms with Crippen molar-refractivity contribution in [2.24, 2.45) is 0 Å². The first-order chi connectivity index (χ1) is 8.50. The summed E-state index contributed by atoms with van der Waals surface area (Å²) in [6.07, 6.45) is 2.08. The van der Waals surface area contributed by atoms with E-state index in [1.165, 1.54) is 0 Å². The van der Waals surface area contributed by atoms with Crippen LogP contribution >= 0.6 is 0 Å². The number of aromatic carboxylic acids is 1. The lowest BCUT2D eigenvalue weighted by Gasteiger charge is -2.24. The Hall–Kier alpha value is -1.55. The van der Waals surface area contributed by atoms with Crippen LogP contribution in [0, 0.1) is 6.92 Å². The quantitative estimate of drug-likeness (QED) is 0.861. The Labute approximate surface area is 107 Å². The van der Waals surface area contributed by atoms with Crippen LogP contribution in [0.4, 0.5) is 5.69 Å². The van der Waals surface area contributed by atoms with Gasteiger partial charge in [0.05, 0.1) is 11.2 Å². The zero-order chi connectivity index (χ0) is 13.2. The monoisotopic (exact) mass is 249 g/mol. The molecule has 1 aliphatic rings. The number of aryl methyl sites for hydroxylation is 1. The van der Waals surface area contributed by atoms with Crippen LogP contribution in [0.25, 0.3) is 0 Å². The minimum absolute atomic E-state index is 0.181. The summed E-state index contributed by atoms with van der Waals surface area (Å²) in [6.45, 7) is 5.43. The molecule has 1 unspecified atom stereocenters. The average Bonchev–Trinajstić information content (AvgIpc) is 2.74. The number of nitrogens with one attached hydrogen (secondary N) is 1. The Kier molecular flexibility index (Phi) is 3.57. The minimum atomic E-state index is -0.907. The summed E-state index contributed by atoms with van der Waals surface area (Å²) in [4.78, 5) is 11.1. The second-order valence-electron chi connectivity index (χ2n) is 5.11. The molecule has 1 heterocycles. The first kappa shape index (κ1) is 12.9. The fraction of sp³-hybridized carbons (Fsp3) is 0.500. The molecule has 18 heavy (non-hydrogen) atoms. The summed E-state index contributed by atoms with van der Waals surface area (Å²) in [7, 11) is 0. The summed E-state index contributed by atoms with van der Waals surface area (Å²) < 4.78 is 5.68. The van der Waals surface area contributed by atoms with Gasteiger partial charge in [0.1, 0.15) is 0 Å². The van der Waals surface area contributed by atoms with Crippen molar-refractivity contribution in [1.82, 2.24) is 0 Å². The molecule has 0 spiro atoms. The summed E-state index contributed by atoms with van der Waals surface area (Å²) in [5.41, 5.74) is 1.83. The molecule has 0 radical (unpaired) electrons. The van der Waals surface area contributed by atoms with Crippen molar-refractivity contribution in [3.63, 3.8) is 0 Å². The van der Waals surface area contributed by atoms with Crippen LogP contribution in [0.5, 0.6) is 0 Å². The lowest BCUT2D eigenvalue weighted by molar-refractivity contribution is 0.0314. The smallest absolute Gasteiger partial charge is 0.337 e. The van der Waals surface area contributed by atoms with E-state index in [-0.39, 0.29) is 5.60 Å². The lowest BCUT2D eigenvalue weighted by atomic mass is 10.0. The lowest BCUT2D eigenvalue weighted by Crippen LogP contribution is -2.32. The van der Waals surface area contributed by atoms with Crippen LogP contribution in [0.3, 0.4) is 0 Å². The Morgan fingerprint density at radius 1 is 1.56 bits per heavy atom. The van der Waals surface area contributed by atoms with Crippen LogP contribution in [-0.2, 0) is 4.74 Å². The van der Waals surface area contributed by atoms with E-state index >= 15 is 0 Å². The van der Waals surface area contributed by atoms with Crippen molar-refractivity contribution in [2.45, 2.75) is 32.3 Å².